The number of epoxide rings is 1. The molecule has 0 amide bonds. The molecule has 0 radical (unpaired) electrons. The molecule has 0 spiro atoms. The van der Waals surface area contributed by atoms with Crippen molar-refractivity contribution in [3.05, 3.63) is 0 Å². The van der Waals surface area contributed by atoms with Crippen molar-refractivity contribution in [2.75, 3.05) is 118 Å². The fourth-order valence-corrected chi connectivity index (χ4v) is 20.1. The smallest absolute Gasteiger partial charge is 0.104 e. The predicted molar refractivity (Wildman–Crippen MR) is 234 cm³/mol. The van der Waals surface area contributed by atoms with Gasteiger partial charge in [0, 0.05) is 104 Å². The Morgan fingerprint density at radius 1 is 0.692 bits per heavy atom. The van der Waals surface area contributed by atoms with Crippen LogP contribution >= 0.6 is 0 Å². The van der Waals surface area contributed by atoms with Crippen LogP contribution < -0.4 is 11.1 Å². The second-order valence-corrected chi connectivity index (χ2v) is 41.2. The number of aliphatic hydroxyl groups is 1. The van der Waals surface area contributed by atoms with Gasteiger partial charge in [0.15, 0.2) is 0 Å². The molecule has 14 heteroatoms. The van der Waals surface area contributed by atoms with Crippen LogP contribution in [0.4, 0.5) is 0 Å². The highest BCUT2D eigenvalue weighted by molar-refractivity contribution is 6.82. The minimum absolute atomic E-state index is 0.406. The van der Waals surface area contributed by atoms with E-state index in [2.05, 4.69) is 80.6 Å². The van der Waals surface area contributed by atoms with Crippen LogP contribution in [0.15, 0.2) is 0 Å². The molecule has 0 aromatic carbocycles. The lowest BCUT2D eigenvalue weighted by Gasteiger charge is -2.27. The molecule has 3 heterocycles. The van der Waals surface area contributed by atoms with Crippen LogP contribution in [0.2, 0.25) is 102 Å². The average molecular weight is 809 g/mol. The highest BCUT2D eigenvalue weighted by atomic mass is 28.3. The summed E-state index contributed by atoms with van der Waals surface area (Å²) in [4.78, 5) is 4.72. The molecule has 52 heavy (non-hydrogen) atoms. The van der Waals surface area contributed by atoms with Crippen LogP contribution in [0.3, 0.4) is 0 Å². The number of aliphatic hydroxyl groups excluding tert-OH is 1. The number of rotatable bonds is 25. The van der Waals surface area contributed by atoms with Crippen molar-refractivity contribution in [1.82, 2.24) is 15.1 Å². The van der Waals surface area contributed by atoms with E-state index < -0.39 is 38.4 Å². The van der Waals surface area contributed by atoms with Gasteiger partial charge in [-0.3, -0.25) is 9.80 Å². The van der Waals surface area contributed by atoms with E-state index >= 15 is 0 Å². The van der Waals surface area contributed by atoms with Gasteiger partial charge in [-0.1, -0.05) is 102 Å². The zero-order chi connectivity index (χ0) is 38.9. The van der Waals surface area contributed by atoms with Crippen LogP contribution in [0, 0.1) is 0 Å². The van der Waals surface area contributed by atoms with Crippen molar-refractivity contribution in [2.45, 2.75) is 127 Å². The van der Waals surface area contributed by atoms with Crippen LogP contribution in [-0.4, -0.2) is 178 Å². The molecule has 0 aromatic rings. The van der Waals surface area contributed by atoms with E-state index in [4.69, 9.17) is 29.4 Å². The molecule has 2 unspecified atom stereocenters. The highest BCUT2D eigenvalue weighted by Crippen LogP contribution is 2.25. The van der Waals surface area contributed by atoms with Crippen molar-refractivity contribution in [2.24, 2.45) is 5.73 Å². The molecular weight excluding hydrogens is 721 g/mol. The van der Waals surface area contributed by atoms with Gasteiger partial charge in [0.05, 0.1) is 52.4 Å². The van der Waals surface area contributed by atoms with E-state index in [0.29, 0.717) is 19.3 Å². The minimum atomic E-state index is -1.07. The average Bonchev–Trinajstić information content (AvgIpc) is 3.91. The zero-order valence-electron chi connectivity index (χ0n) is 36.0. The molecule has 4 N–H and O–H groups in total. The van der Waals surface area contributed by atoms with Crippen molar-refractivity contribution in [3.63, 3.8) is 0 Å². The first-order valence-electron chi connectivity index (χ1n) is 20.9. The normalized spacial score (nSPS) is 19.7. The summed E-state index contributed by atoms with van der Waals surface area (Å²) >= 11 is 0. The number of hydrogen-bond acceptors (Lipinski definition) is 10. The van der Waals surface area contributed by atoms with Crippen LogP contribution in [0.5, 0.6) is 0 Å². The summed E-state index contributed by atoms with van der Waals surface area (Å²) in [6.45, 7) is 40.8. The second-order valence-electron chi connectivity index (χ2n) is 19.3. The Morgan fingerprint density at radius 2 is 1.15 bits per heavy atom. The summed E-state index contributed by atoms with van der Waals surface area (Å²) in [5.41, 5.74) is 5.38. The summed E-state index contributed by atoms with van der Waals surface area (Å²) in [6, 6.07) is 8.69. The van der Waals surface area contributed by atoms with E-state index in [1.807, 2.05) is 0 Å². The number of morpholine rings is 2. The maximum Gasteiger partial charge on any atom is 0.104 e. The lowest BCUT2D eigenvalue weighted by molar-refractivity contribution is 0.0314. The van der Waals surface area contributed by atoms with Gasteiger partial charge in [-0.25, -0.2) is 0 Å². The molecule has 0 aliphatic carbocycles. The first kappa shape index (κ1) is 50.5. The quantitative estimate of drug-likeness (QED) is 0.0591. The fraction of sp³-hybridized carbons (Fsp3) is 1.00. The van der Waals surface area contributed by atoms with Gasteiger partial charge >= 0.3 is 0 Å². The summed E-state index contributed by atoms with van der Waals surface area (Å²) in [5, 5.41) is 13.3. The lowest BCUT2D eigenvalue weighted by Crippen LogP contribution is -2.41. The molecule has 2 atom stereocenters. The van der Waals surface area contributed by atoms with Gasteiger partial charge in [0.25, 0.3) is 0 Å². The Kier molecular flexibility index (Phi) is 27.1. The maximum absolute atomic E-state index is 10.0. The topological polar surface area (TPSA) is 114 Å². The molecule has 3 aliphatic heterocycles. The van der Waals surface area contributed by atoms with Gasteiger partial charge in [0.2, 0.25) is 0 Å². The lowest BCUT2D eigenvalue weighted by atomic mass is 10.3. The van der Waals surface area contributed by atoms with Gasteiger partial charge < -0.3 is 39.8 Å². The third-order valence-electron chi connectivity index (χ3n) is 10.0. The standard InChI is InChI=1S/C19H44N2O3Si2.C13H30O2Si2.C6H14N2O/c1-25(2,3)15-16-26(4,5)14-6-11-24-18-19(22)17-20-7-8-21-9-12-23-13-10-21;1-16(2,3)9-10-17(4,5)8-6-7-14-11-13-12-15-13;7-1-2-8-3-5-9-6-4-8/h19-20,22H,6-18H2,1-5H3;13H,6-12H2,1-5H3;1-7H2. The number of nitrogens with one attached hydrogen (secondary N) is 1. The zero-order valence-corrected chi connectivity index (χ0v) is 40.0. The Balaban J connectivity index is 0.000000441. The Morgan fingerprint density at radius 3 is 1.60 bits per heavy atom. The van der Waals surface area contributed by atoms with E-state index in [1.165, 1.54) is 42.7 Å². The van der Waals surface area contributed by atoms with Crippen molar-refractivity contribution in [3.8, 4) is 0 Å². The van der Waals surface area contributed by atoms with Crippen LogP contribution in [0.25, 0.3) is 0 Å². The minimum Gasteiger partial charge on any atom is -0.389 e. The van der Waals surface area contributed by atoms with E-state index in [-0.39, 0.29) is 0 Å². The Labute approximate surface area is 326 Å². The van der Waals surface area contributed by atoms with E-state index in [1.54, 1.807) is 0 Å². The molecule has 0 aromatic heterocycles. The monoisotopic (exact) mass is 809 g/mol. The second kappa shape index (κ2) is 28.0. The molecule has 0 saturated carbocycles. The molecule has 3 aliphatic rings. The molecule has 3 saturated heterocycles. The predicted octanol–water partition coefficient (Wildman–Crippen LogP) is 5.84. The van der Waals surface area contributed by atoms with Crippen LogP contribution in [-0.2, 0) is 23.7 Å². The summed E-state index contributed by atoms with van der Waals surface area (Å²) in [5.74, 6) is 0. The maximum atomic E-state index is 10.0. The Hall–Kier alpha value is 0.468. The molecule has 312 valence electrons. The summed E-state index contributed by atoms with van der Waals surface area (Å²) in [6.07, 6.45) is 2.41. The van der Waals surface area contributed by atoms with Gasteiger partial charge in [-0.2, -0.15) is 0 Å². The number of hydrogen-bond donors (Lipinski definition) is 3. The van der Waals surface area contributed by atoms with E-state index in [0.717, 1.165) is 112 Å². The van der Waals surface area contributed by atoms with Gasteiger partial charge in [-0.15, -0.1) is 0 Å². The van der Waals surface area contributed by atoms with Gasteiger partial charge in [0.1, 0.15) is 6.10 Å². The summed E-state index contributed by atoms with van der Waals surface area (Å²) in [7, 11) is -3.77. The molecule has 3 fully saturated rings. The van der Waals surface area contributed by atoms with Crippen molar-refractivity contribution in [1.29, 1.82) is 0 Å². The van der Waals surface area contributed by atoms with Crippen molar-refractivity contribution < 1.29 is 28.8 Å². The SMILES string of the molecule is C[Si](C)(C)CC[Si](C)(C)CCCOCC(O)CNCCN1CCOCC1.C[Si](C)(C)CC[Si](C)(C)CCCOCC1CO1.NCCN1CCOCC1. The molecule has 0 bridgehead atoms. The number of nitrogens with zero attached hydrogens (tertiary/aromatic N) is 2. The van der Waals surface area contributed by atoms with Gasteiger partial charge in [-0.05, 0) is 12.8 Å². The van der Waals surface area contributed by atoms with Crippen LogP contribution in [0.1, 0.15) is 12.8 Å². The third-order valence-corrected chi connectivity index (χ3v) is 21.2. The first-order chi connectivity index (χ1) is 24.4. The first-order valence-corrected chi connectivity index (χ1v) is 35.1. The highest BCUT2D eigenvalue weighted by Gasteiger charge is 2.26. The Bertz CT molecular complexity index is 848. The molecule has 3 rings (SSSR count). The fourth-order valence-electron chi connectivity index (χ4n) is 5.98. The number of ether oxygens (including phenoxy) is 5. The summed E-state index contributed by atoms with van der Waals surface area (Å²) < 4.78 is 26.9. The number of nitrogens with two attached hydrogens (primary N) is 1. The molecule has 10 nitrogen and oxygen atoms in total. The largest absolute Gasteiger partial charge is 0.389 e. The molecular formula is C38H88N4O6Si4. The van der Waals surface area contributed by atoms with E-state index in [9.17, 15) is 5.11 Å². The van der Waals surface area contributed by atoms with Crippen molar-refractivity contribution >= 4 is 32.3 Å². The third kappa shape index (κ3) is 32.7.